The van der Waals surface area contributed by atoms with Crippen molar-refractivity contribution in [3.05, 3.63) is 29.8 Å². The fourth-order valence-corrected chi connectivity index (χ4v) is 2.59. The zero-order chi connectivity index (χ0) is 15.2. The smallest absolute Gasteiger partial charge is 0.234 e. The summed E-state index contributed by atoms with van der Waals surface area (Å²) in [5.41, 5.74) is 7.24. The first-order valence-corrected chi connectivity index (χ1v) is 8.35. The second-order valence-corrected chi connectivity index (χ2v) is 7.13. The molecular formula is C14H24N2O3S. The molecule has 0 heterocycles. The maximum absolute atomic E-state index is 11.8. The van der Waals surface area contributed by atoms with Crippen LogP contribution in [0.4, 0.5) is 5.69 Å². The van der Waals surface area contributed by atoms with Crippen LogP contribution < -0.4 is 10.5 Å². The normalized spacial score (nSPS) is 12.4. The number of nitrogens with one attached hydrogen (secondary N) is 1. The van der Waals surface area contributed by atoms with Crippen molar-refractivity contribution in [2.75, 3.05) is 30.2 Å². The van der Waals surface area contributed by atoms with Crippen molar-refractivity contribution < 1.29 is 13.2 Å². The number of anilines is 1. The summed E-state index contributed by atoms with van der Waals surface area (Å²) < 4.78 is 31.2. The Labute approximate surface area is 121 Å². The summed E-state index contributed by atoms with van der Waals surface area (Å²) in [4.78, 5) is 0. The standard InChI is InChI=1S/C14H24N2O3S/c1-4-19-9-10-20(17,18)16-13-7-5-12(6-8-13)14(2,3)11-15/h5-8,16H,4,9-11,15H2,1-3H3. The highest BCUT2D eigenvalue weighted by molar-refractivity contribution is 7.92. The first kappa shape index (κ1) is 16.9. The van der Waals surface area contributed by atoms with E-state index in [4.69, 9.17) is 10.5 Å². The summed E-state index contributed by atoms with van der Waals surface area (Å²) in [6.07, 6.45) is 0. The third kappa shape index (κ3) is 5.11. The Kier molecular flexibility index (Phi) is 5.98. The van der Waals surface area contributed by atoms with Crippen molar-refractivity contribution >= 4 is 15.7 Å². The molecule has 5 nitrogen and oxygen atoms in total. The summed E-state index contributed by atoms with van der Waals surface area (Å²) in [7, 11) is -3.36. The lowest BCUT2D eigenvalue weighted by molar-refractivity contribution is 0.163. The van der Waals surface area contributed by atoms with Gasteiger partial charge in [0.25, 0.3) is 0 Å². The highest BCUT2D eigenvalue weighted by Crippen LogP contribution is 2.23. The molecule has 1 aromatic carbocycles. The summed E-state index contributed by atoms with van der Waals surface area (Å²) >= 11 is 0. The number of rotatable bonds is 8. The molecule has 0 unspecified atom stereocenters. The van der Waals surface area contributed by atoms with Crippen LogP contribution in [0.5, 0.6) is 0 Å². The maximum Gasteiger partial charge on any atom is 0.234 e. The van der Waals surface area contributed by atoms with Gasteiger partial charge in [-0.1, -0.05) is 26.0 Å². The van der Waals surface area contributed by atoms with Crippen LogP contribution in [0.1, 0.15) is 26.3 Å². The molecule has 0 aliphatic carbocycles. The van der Waals surface area contributed by atoms with Crippen molar-refractivity contribution in [1.29, 1.82) is 0 Å². The molecule has 0 aromatic heterocycles. The number of nitrogens with two attached hydrogens (primary N) is 1. The van der Waals surface area contributed by atoms with Gasteiger partial charge in [0.2, 0.25) is 10.0 Å². The van der Waals surface area contributed by atoms with Gasteiger partial charge in [-0.2, -0.15) is 0 Å². The predicted molar refractivity (Wildman–Crippen MR) is 82.4 cm³/mol. The van der Waals surface area contributed by atoms with Gasteiger partial charge in [-0.25, -0.2) is 8.42 Å². The zero-order valence-corrected chi connectivity index (χ0v) is 13.2. The number of hydrogen-bond acceptors (Lipinski definition) is 4. The van der Waals surface area contributed by atoms with E-state index in [-0.39, 0.29) is 17.8 Å². The number of ether oxygens (including phenoxy) is 1. The molecule has 0 amide bonds. The van der Waals surface area contributed by atoms with E-state index in [0.717, 1.165) is 5.56 Å². The summed E-state index contributed by atoms with van der Waals surface area (Å²) in [6.45, 7) is 7.18. The highest BCUT2D eigenvalue weighted by atomic mass is 32.2. The van der Waals surface area contributed by atoms with E-state index in [1.165, 1.54) is 0 Å². The Morgan fingerprint density at radius 2 is 1.85 bits per heavy atom. The Hall–Kier alpha value is -1.11. The van der Waals surface area contributed by atoms with Crippen LogP contribution in [0.2, 0.25) is 0 Å². The van der Waals surface area contributed by atoms with Gasteiger partial charge in [-0.05, 0) is 24.6 Å². The van der Waals surface area contributed by atoms with Gasteiger partial charge in [-0.3, -0.25) is 4.72 Å². The van der Waals surface area contributed by atoms with Crippen molar-refractivity contribution in [3.63, 3.8) is 0 Å². The molecule has 0 radical (unpaired) electrons. The zero-order valence-electron chi connectivity index (χ0n) is 12.3. The Bertz CT molecular complexity index is 510. The molecule has 1 rings (SSSR count). The Morgan fingerprint density at radius 1 is 1.25 bits per heavy atom. The molecule has 0 bridgehead atoms. The average Bonchev–Trinajstić information content (AvgIpc) is 2.39. The van der Waals surface area contributed by atoms with Gasteiger partial charge in [-0.15, -0.1) is 0 Å². The first-order chi connectivity index (χ1) is 9.30. The van der Waals surface area contributed by atoms with Crippen LogP contribution in [0.3, 0.4) is 0 Å². The first-order valence-electron chi connectivity index (χ1n) is 6.69. The van der Waals surface area contributed by atoms with Gasteiger partial charge < -0.3 is 10.5 Å². The molecule has 0 aliphatic rings. The van der Waals surface area contributed by atoms with E-state index in [2.05, 4.69) is 4.72 Å². The number of hydrogen-bond donors (Lipinski definition) is 2. The highest BCUT2D eigenvalue weighted by Gasteiger charge is 2.18. The van der Waals surface area contributed by atoms with E-state index in [9.17, 15) is 8.42 Å². The van der Waals surface area contributed by atoms with Crippen LogP contribution in [0.25, 0.3) is 0 Å². The molecule has 114 valence electrons. The summed E-state index contributed by atoms with van der Waals surface area (Å²) in [5.74, 6) is -0.0448. The van der Waals surface area contributed by atoms with E-state index in [1.54, 1.807) is 12.1 Å². The van der Waals surface area contributed by atoms with Crippen LogP contribution in [-0.2, 0) is 20.2 Å². The largest absolute Gasteiger partial charge is 0.381 e. The summed E-state index contributed by atoms with van der Waals surface area (Å²) in [6, 6.07) is 7.30. The molecule has 0 spiro atoms. The topological polar surface area (TPSA) is 81.4 Å². The minimum absolute atomic E-state index is 0.0448. The van der Waals surface area contributed by atoms with E-state index < -0.39 is 10.0 Å². The molecule has 20 heavy (non-hydrogen) atoms. The van der Waals surface area contributed by atoms with E-state index >= 15 is 0 Å². The Morgan fingerprint density at radius 3 is 2.35 bits per heavy atom. The van der Waals surface area contributed by atoms with Crippen LogP contribution >= 0.6 is 0 Å². The van der Waals surface area contributed by atoms with Gasteiger partial charge in [0, 0.05) is 24.3 Å². The monoisotopic (exact) mass is 300 g/mol. The molecule has 0 atom stereocenters. The van der Waals surface area contributed by atoms with Crippen LogP contribution in [0.15, 0.2) is 24.3 Å². The fraction of sp³-hybridized carbons (Fsp3) is 0.571. The van der Waals surface area contributed by atoms with Gasteiger partial charge in [0.1, 0.15) is 0 Å². The maximum atomic E-state index is 11.8. The SMILES string of the molecule is CCOCCS(=O)(=O)Nc1ccc(C(C)(C)CN)cc1. The lowest BCUT2D eigenvalue weighted by Crippen LogP contribution is -2.28. The molecule has 3 N–H and O–H groups in total. The molecule has 0 aliphatic heterocycles. The molecular weight excluding hydrogens is 276 g/mol. The second kappa shape index (κ2) is 7.06. The molecule has 6 heteroatoms. The molecule has 0 saturated carbocycles. The third-order valence-corrected chi connectivity index (χ3v) is 4.40. The third-order valence-electron chi connectivity index (χ3n) is 3.15. The second-order valence-electron chi connectivity index (χ2n) is 5.28. The van der Waals surface area contributed by atoms with Crippen molar-refractivity contribution in [2.24, 2.45) is 5.73 Å². The molecule has 0 saturated heterocycles. The van der Waals surface area contributed by atoms with Gasteiger partial charge in [0.15, 0.2) is 0 Å². The predicted octanol–water partition coefficient (Wildman–Crippen LogP) is 1.70. The van der Waals surface area contributed by atoms with Gasteiger partial charge in [0.05, 0.1) is 12.4 Å². The Balaban J connectivity index is 2.70. The minimum atomic E-state index is -3.36. The van der Waals surface area contributed by atoms with E-state index in [1.807, 2.05) is 32.9 Å². The average molecular weight is 300 g/mol. The van der Waals surface area contributed by atoms with Crippen molar-refractivity contribution in [1.82, 2.24) is 0 Å². The van der Waals surface area contributed by atoms with Crippen LogP contribution in [-0.4, -0.2) is 33.9 Å². The lowest BCUT2D eigenvalue weighted by atomic mass is 9.85. The van der Waals surface area contributed by atoms with Gasteiger partial charge >= 0.3 is 0 Å². The number of benzene rings is 1. The minimum Gasteiger partial charge on any atom is -0.381 e. The van der Waals surface area contributed by atoms with Crippen LogP contribution in [0, 0.1) is 0 Å². The van der Waals surface area contributed by atoms with Crippen molar-refractivity contribution in [2.45, 2.75) is 26.2 Å². The molecule has 0 fully saturated rings. The summed E-state index contributed by atoms with van der Waals surface area (Å²) in [5, 5.41) is 0. The lowest BCUT2D eigenvalue weighted by Gasteiger charge is -2.23. The number of sulfonamides is 1. The molecule has 1 aromatic rings. The van der Waals surface area contributed by atoms with Crippen molar-refractivity contribution in [3.8, 4) is 0 Å². The van der Waals surface area contributed by atoms with E-state index in [0.29, 0.717) is 18.8 Å². The fourth-order valence-electron chi connectivity index (χ4n) is 1.65. The quantitative estimate of drug-likeness (QED) is 0.716.